The van der Waals surface area contributed by atoms with Gasteiger partial charge in [0, 0.05) is 60.8 Å². The number of anilines is 8. The van der Waals surface area contributed by atoms with Crippen molar-refractivity contribution < 1.29 is 33.3 Å². The van der Waals surface area contributed by atoms with Gasteiger partial charge in [-0.25, -0.2) is 9.97 Å². The highest BCUT2D eigenvalue weighted by Crippen LogP contribution is 2.34. The van der Waals surface area contributed by atoms with Crippen molar-refractivity contribution in [2.75, 3.05) is 150 Å². The van der Waals surface area contributed by atoms with E-state index in [-0.39, 0.29) is 35.6 Å². The fourth-order valence-electron chi connectivity index (χ4n) is 8.52. The third-order valence-corrected chi connectivity index (χ3v) is 12.2. The number of hydrogen-bond donors (Lipinski definition) is 10. The van der Waals surface area contributed by atoms with Crippen molar-refractivity contribution in [3.63, 3.8) is 0 Å². The third kappa shape index (κ3) is 16.7. The van der Waals surface area contributed by atoms with E-state index in [0.29, 0.717) is 139 Å². The second-order valence-corrected chi connectivity index (χ2v) is 17.9. The van der Waals surface area contributed by atoms with Crippen LogP contribution in [0.4, 0.5) is 47.1 Å². The van der Waals surface area contributed by atoms with Crippen LogP contribution in [0.3, 0.4) is 0 Å². The number of amides is 2. The number of nitrogens with two attached hydrogens (primary N) is 4. The van der Waals surface area contributed by atoms with Gasteiger partial charge in [0.25, 0.3) is 11.8 Å². The highest BCUT2D eigenvalue weighted by molar-refractivity contribution is 6.15. The summed E-state index contributed by atoms with van der Waals surface area (Å²) in [6.45, 7) is 7.03. The predicted molar refractivity (Wildman–Crippen MR) is 307 cm³/mol. The van der Waals surface area contributed by atoms with Crippen LogP contribution in [0.2, 0.25) is 0 Å². The summed E-state index contributed by atoms with van der Waals surface area (Å²) >= 11 is 0. The zero-order valence-corrected chi connectivity index (χ0v) is 44.0. The molecule has 0 saturated carbocycles. The van der Waals surface area contributed by atoms with Crippen LogP contribution in [0.5, 0.6) is 0 Å². The molecule has 79 heavy (non-hydrogen) atoms. The SMILES string of the molecule is Nc1nc(N)nc(NCCCCNc2c3ccccc3nc3c(C(=O)NCCOCCOCCOCCOCCOCCNC(=O)c4cccc5c(NCCCCNc6nc(N)nc(N)n6)c6ccccc6nc45)cccc23)n1. The van der Waals surface area contributed by atoms with Crippen LogP contribution in [-0.2, 0) is 23.7 Å². The number of hydrogen-bond acceptors (Lipinski definition) is 23. The first-order chi connectivity index (χ1) is 38.7. The fourth-order valence-corrected chi connectivity index (χ4v) is 8.52. The van der Waals surface area contributed by atoms with Crippen molar-refractivity contribution >= 4 is 102 Å². The molecule has 0 saturated heterocycles. The Labute approximate surface area is 456 Å². The smallest absolute Gasteiger partial charge is 0.253 e. The van der Waals surface area contributed by atoms with E-state index in [1.54, 1.807) is 12.1 Å². The Morgan fingerprint density at radius 2 is 0.684 bits per heavy atom. The summed E-state index contributed by atoms with van der Waals surface area (Å²) in [7, 11) is 0. The van der Waals surface area contributed by atoms with E-state index in [1.165, 1.54) is 0 Å². The lowest BCUT2D eigenvalue weighted by molar-refractivity contribution is -0.0105. The summed E-state index contributed by atoms with van der Waals surface area (Å²) in [6, 6.07) is 27.0. The zero-order chi connectivity index (χ0) is 55.0. The van der Waals surface area contributed by atoms with Gasteiger partial charge in [-0.05, 0) is 49.9 Å². The highest BCUT2D eigenvalue weighted by Gasteiger charge is 2.18. The standard InChI is InChI=1S/C54H68N18O7/c55-49-67-50(56)70-53(69-49)63-21-7-5-19-59-43-35-11-1-3-17-41(35)65-45-37(43)13-9-15-39(45)47(73)61-23-25-75-27-29-77-31-33-79-34-32-78-30-28-76-26-24-62-48(74)40-16-10-14-38-44(36-12-2-4-18-42(36)66-46(38)40)60-20-6-8-22-64-54-71-51(57)68-52(58)72-54/h1-4,9-18H,5-8,19-34H2,(H,59,65)(H,60,66)(H,61,73)(H,62,74)(H5,55,56,63,67,69,70)(H5,57,58,64,68,71,72). The number of benzene rings is 4. The number of fused-ring (bicyclic) bond motifs is 4. The number of para-hydroxylation sites is 4. The summed E-state index contributed by atoms with van der Waals surface area (Å²) in [6.07, 6.45) is 3.35. The largest absolute Gasteiger partial charge is 0.384 e. The number of aromatic nitrogens is 8. The summed E-state index contributed by atoms with van der Waals surface area (Å²) in [5, 5.41) is 23.0. The van der Waals surface area contributed by atoms with Crippen molar-refractivity contribution in [2.24, 2.45) is 0 Å². The number of ether oxygens (including phenoxy) is 5. The number of nitrogen functional groups attached to an aromatic ring is 4. The van der Waals surface area contributed by atoms with E-state index in [9.17, 15) is 9.59 Å². The second kappa shape index (κ2) is 29.8. The molecule has 0 aliphatic heterocycles. The fraction of sp³-hybridized carbons (Fsp3) is 0.370. The van der Waals surface area contributed by atoms with Crippen LogP contribution in [0.1, 0.15) is 46.4 Å². The molecule has 0 spiro atoms. The Hall–Kier alpha value is -8.62. The molecule has 0 aliphatic carbocycles. The van der Waals surface area contributed by atoms with Gasteiger partial charge in [0.15, 0.2) is 0 Å². The Morgan fingerprint density at radius 3 is 1.06 bits per heavy atom. The summed E-state index contributed by atoms with van der Waals surface area (Å²) in [5.41, 5.74) is 28.3. The van der Waals surface area contributed by atoms with Crippen LogP contribution in [-0.4, -0.2) is 157 Å². The van der Waals surface area contributed by atoms with E-state index in [4.69, 9.17) is 56.6 Å². The lowest BCUT2D eigenvalue weighted by Crippen LogP contribution is -2.28. The number of pyridine rings is 2. The molecular formula is C54H68N18O7. The lowest BCUT2D eigenvalue weighted by atomic mass is 10.0. The van der Waals surface area contributed by atoms with Gasteiger partial charge < -0.3 is 78.5 Å². The number of carbonyl (C=O) groups is 2. The van der Waals surface area contributed by atoms with Crippen LogP contribution < -0.4 is 54.8 Å². The molecule has 0 fully saturated rings. The molecule has 0 radical (unpaired) electrons. The first-order valence-electron chi connectivity index (χ1n) is 26.3. The average molecular weight is 1080 g/mol. The quantitative estimate of drug-likeness (QED) is 0.0194. The Bertz CT molecular complexity index is 3030. The Balaban J connectivity index is 0.643. The van der Waals surface area contributed by atoms with Crippen LogP contribution >= 0.6 is 0 Å². The molecule has 4 aromatic heterocycles. The molecule has 4 heterocycles. The van der Waals surface area contributed by atoms with Gasteiger partial charge in [-0.3, -0.25) is 9.59 Å². The Morgan fingerprint density at radius 1 is 0.354 bits per heavy atom. The molecule has 416 valence electrons. The molecule has 0 aliphatic rings. The zero-order valence-electron chi connectivity index (χ0n) is 44.0. The minimum absolute atomic E-state index is 0.0675. The minimum Gasteiger partial charge on any atom is -0.384 e. The van der Waals surface area contributed by atoms with Crippen LogP contribution in [0.15, 0.2) is 84.9 Å². The van der Waals surface area contributed by atoms with Gasteiger partial charge in [0.05, 0.1) is 111 Å². The molecule has 0 bridgehead atoms. The Kier molecular flexibility index (Phi) is 21.3. The topological polar surface area (TPSA) is 360 Å². The van der Waals surface area contributed by atoms with Gasteiger partial charge in [0.1, 0.15) is 0 Å². The van der Waals surface area contributed by atoms with Crippen molar-refractivity contribution in [3.05, 3.63) is 96.1 Å². The first kappa shape index (κ1) is 56.6. The maximum Gasteiger partial charge on any atom is 0.253 e. The molecule has 8 aromatic rings. The molecule has 4 aromatic carbocycles. The van der Waals surface area contributed by atoms with Crippen molar-refractivity contribution in [2.45, 2.75) is 25.7 Å². The maximum atomic E-state index is 13.4. The van der Waals surface area contributed by atoms with Gasteiger partial charge in [-0.2, -0.15) is 29.9 Å². The summed E-state index contributed by atoms with van der Waals surface area (Å²) in [5.74, 6) is 0.485. The molecule has 2 amide bonds. The van der Waals surface area contributed by atoms with E-state index in [1.807, 2.05) is 72.8 Å². The maximum absolute atomic E-state index is 13.4. The average Bonchev–Trinajstić information content (AvgIpc) is 3.63. The summed E-state index contributed by atoms with van der Waals surface area (Å²) in [4.78, 5) is 60.4. The normalized spacial score (nSPS) is 11.3. The van der Waals surface area contributed by atoms with Gasteiger partial charge >= 0.3 is 0 Å². The molecule has 25 heteroatoms. The second-order valence-electron chi connectivity index (χ2n) is 17.9. The number of nitrogens with zero attached hydrogens (tertiary/aromatic N) is 8. The van der Waals surface area contributed by atoms with Crippen LogP contribution in [0, 0.1) is 0 Å². The summed E-state index contributed by atoms with van der Waals surface area (Å²) < 4.78 is 28.3. The first-order valence-corrected chi connectivity index (χ1v) is 26.3. The molecule has 0 unspecified atom stereocenters. The van der Waals surface area contributed by atoms with Gasteiger partial charge in [-0.15, -0.1) is 0 Å². The molecular weight excluding hydrogens is 1010 g/mol. The van der Waals surface area contributed by atoms with E-state index in [2.05, 4.69) is 61.8 Å². The van der Waals surface area contributed by atoms with Crippen molar-refractivity contribution in [3.8, 4) is 0 Å². The molecule has 0 atom stereocenters. The van der Waals surface area contributed by atoms with Gasteiger partial charge in [-0.1, -0.05) is 60.7 Å². The molecule has 8 rings (SSSR count). The van der Waals surface area contributed by atoms with Crippen LogP contribution in [0.25, 0.3) is 43.6 Å². The minimum atomic E-state index is -0.236. The number of nitrogens with one attached hydrogen (secondary N) is 6. The number of unbranched alkanes of at least 4 members (excludes halogenated alkanes) is 2. The number of carbonyl (C=O) groups excluding carboxylic acids is 2. The number of rotatable bonds is 34. The van der Waals surface area contributed by atoms with E-state index < -0.39 is 0 Å². The van der Waals surface area contributed by atoms with E-state index >= 15 is 0 Å². The highest BCUT2D eigenvalue weighted by atomic mass is 16.6. The van der Waals surface area contributed by atoms with Crippen molar-refractivity contribution in [1.29, 1.82) is 0 Å². The van der Waals surface area contributed by atoms with Crippen molar-refractivity contribution in [1.82, 2.24) is 50.5 Å². The molecule has 25 nitrogen and oxygen atoms in total. The predicted octanol–water partition coefficient (Wildman–Crippen LogP) is 4.64. The van der Waals surface area contributed by atoms with Gasteiger partial charge in [0.2, 0.25) is 35.7 Å². The molecule has 14 N–H and O–H groups in total. The third-order valence-electron chi connectivity index (χ3n) is 12.2. The monoisotopic (exact) mass is 1080 g/mol. The lowest BCUT2D eigenvalue weighted by Gasteiger charge is -2.15. The van der Waals surface area contributed by atoms with E-state index in [0.717, 1.165) is 69.6 Å².